The van der Waals surface area contributed by atoms with E-state index >= 15 is 0 Å². The lowest BCUT2D eigenvalue weighted by molar-refractivity contribution is 0.241. The molecule has 1 aromatic rings. The molecule has 2 bridgehead atoms. The molecule has 2 heterocycles. The first-order chi connectivity index (χ1) is 7.84. The molecule has 2 aliphatic heterocycles. The molecule has 16 heavy (non-hydrogen) atoms. The number of benzene rings is 1. The highest BCUT2D eigenvalue weighted by molar-refractivity contribution is 5.49. The van der Waals surface area contributed by atoms with Crippen LogP contribution in [0, 0.1) is 5.92 Å². The zero-order valence-corrected chi connectivity index (χ0v) is 10.1. The van der Waals surface area contributed by atoms with Crippen LogP contribution in [0.3, 0.4) is 0 Å². The summed E-state index contributed by atoms with van der Waals surface area (Å²) < 4.78 is 0. The van der Waals surface area contributed by atoms with E-state index in [4.69, 9.17) is 0 Å². The Morgan fingerprint density at radius 1 is 1.00 bits per heavy atom. The van der Waals surface area contributed by atoms with Crippen LogP contribution in [0.15, 0.2) is 30.3 Å². The fraction of sp³-hybridized carbons (Fsp3) is 0.600. The minimum Gasteiger partial charge on any atom is -0.366 e. The van der Waals surface area contributed by atoms with Crippen LogP contribution in [0.25, 0.3) is 0 Å². The Morgan fingerprint density at radius 2 is 1.62 bits per heavy atom. The monoisotopic (exact) mass is 215 g/mol. The lowest BCUT2D eigenvalue weighted by Gasteiger charge is -2.49. The van der Waals surface area contributed by atoms with Gasteiger partial charge in [0.25, 0.3) is 0 Å². The fourth-order valence-electron chi connectivity index (χ4n) is 3.68. The van der Waals surface area contributed by atoms with E-state index in [1.807, 2.05) is 0 Å². The van der Waals surface area contributed by atoms with Crippen molar-refractivity contribution in [2.24, 2.45) is 5.92 Å². The number of piperidine rings is 2. The highest BCUT2D eigenvalue weighted by atomic mass is 15.2. The SMILES string of the molecule is CC1CC2CCC[C@@H](C1)N2c1ccccc1. The van der Waals surface area contributed by atoms with Crippen molar-refractivity contribution in [3.63, 3.8) is 0 Å². The van der Waals surface area contributed by atoms with Crippen molar-refractivity contribution in [2.75, 3.05) is 4.90 Å². The average molecular weight is 215 g/mol. The van der Waals surface area contributed by atoms with Crippen LogP contribution >= 0.6 is 0 Å². The van der Waals surface area contributed by atoms with Gasteiger partial charge in [0.15, 0.2) is 0 Å². The number of anilines is 1. The molecule has 2 fully saturated rings. The minimum absolute atomic E-state index is 0.810. The molecule has 2 saturated heterocycles. The molecule has 0 spiro atoms. The van der Waals surface area contributed by atoms with Gasteiger partial charge in [0.2, 0.25) is 0 Å². The van der Waals surface area contributed by atoms with Gasteiger partial charge in [-0.3, -0.25) is 0 Å². The van der Waals surface area contributed by atoms with Crippen LogP contribution in [0.5, 0.6) is 0 Å². The maximum absolute atomic E-state index is 2.71. The van der Waals surface area contributed by atoms with E-state index in [1.54, 1.807) is 0 Å². The largest absolute Gasteiger partial charge is 0.366 e. The quantitative estimate of drug-likeness (QED) is 0.688. The molecule has 3 atom stereocenters. The summed E-state index contributed by atoms with van der Waals surface area (Å²) in [4.78, 5) is 2.71. The van der Waals surface area contributed by atoms with E-state index in [1.165, 1.54) is 37.8 Å². The summed E-state index contributed by atoms with van der Waals surface area (Å²) in [5.41, 5.74) is 1.45. The lowest BCUT2D eigenvalue weighted by Crippen LogP contribution is -2.51. The maximum Gasteiger partial charge on any atom is 0.0371 e. The van der Waals surface area contributed by atoms with Crippen molar-refractivity contribution in [3.8, 4) is 0 Å². The van der Waals surface area contributed by atoms with Gasteiger partial charge in [0.05, 0.1) is 0 Å². The van der Waals surface area contributed by atoms with Gasteiger partial charge in [0, 0.05) is 17.8 Å². The normalized spacial score (nSPS) is 33.8. The summed E-state index contributed by atoms with van der Waals surface area (Å²) in [5.74, 6) is 0.926. The Labute approximate surface area is 98.5 Å². The van der Waals surface area contributed by atoms with Crippen LogP contribution in [0.4, 0.5) is 5.69 Å². The zero-order chi connectivity index (χ0) is 11.0. The second-order valence-corrected chi connectivity index (χ2v) is 5.56. The van der Waals surface area contributed by atoms with Crippen molar-refractivity contribution < 1.29 is 0 Å². The predicted octanol–water partition coefficient (Wildman–Crippen LogP) is 3.84. The van der Waals surface area contributed by atoms with E-state index in [2.05, 4.69) is 42.2 Å². The third-order valence-electron chi connectivity index (χ3n) is 4.26. The summed E-state index contributed by atoms with van der Waals surface area (Å²) in [7, 11) is 0. The molecular formula is C15H21N. The molecular weight excluding hydrogens is 194 g/mol. The predicted molar refractivity (Wildman–Crippen MR) is 68.7 cm³/mol. The molecule has 2 aliphatic rings. The standard InChI is InChI=1S/C15H21N/c1-12-10-14-8-5-9-15(11-12)16(14)13-6-3-2-4-7-13/h2-4,6-7,12,14-15H,5,8-11H2,1H3/t12?,14-,15?/m0/s1. The zero-order valence-electron chi connectivity index (χ0n) is 10.1. The second-order valence-electron chi connectivity index (χ2n) is 5.56. The highest BCUT2D eigenvalue weighted by Gasteiger charge is 2.36. The number of hydrogen-bond acceptors (Lipinski definition) is 1. The molecule has 0 aromatic heterocycles. The maximum atomic E-state index is 2.71. The summed E-state index contributed by atoms with van der Waals surface area (Å²) >= 11 is 0. The Bertz CT molecular complexity index is 332. The molecule has 0 saturated carbocycles. The van der Waals surface area contributed by atoms with Gasteiger partial charge in [-0.1, -0.05) is 25.1 Å². The van der Waals surface area contributed by atoms with Gasteiger partial charge in [-0.25, -0.2) is 0 Å². The van der Waals surface area contributed by atoms with E-state index in [0.717, 1.165) is 18.0 Å². The first-order valence-corrected chi connectivity index (χ1v) is 6.68. The van der Waals surface area contributed by atoms with Gasteiger partial charge in [-0.15, -0.1) is 0 Å². The summed E-state index contributed by atoms with van der Waals surface area (Å²) in [5, 5.41) is 0. The number of fused-ring (bicyclic) bond motifs is 2. The van der Waals surface area contributed by atoms with Crippen molar-refractivity contribution >= 4 is 5.69 Å². The van der Waals surface area contributed by atoms with E-state index < -0.39 is 0 Å². The summed E-state index contributed by atoms with van der Waals surface area (Å²) in [6.45, 7) is 2.42. The summed E-state index contributed by atoms with van der Waals surface area (Å²) in [6.07, 6.45) is 7.02. The van der Waals surface area contributed by atoms with Gasteiger partial charge in [0.1, 0.15) is 0 Å². The van der Waals surface area contributed by atoms with E-state index in [9.17, 15) is 0 Å². The highest BCUT2D eigenvalue weighted by Crippen LogP contribution is 2.39. The van der Waals surface area contributed by atoms with Crippen molar-refractivity contribution in [2.45, 2.75) is 51.1 Å². The Morgan fingerprint density at radius 3 is 2.25 bits per heavy atom. The lowest BCUT2D eigenvalue weighted by atomic mass is 9.79. The van der Waals surface area contributed by atoms with Crippen LogP contribution in [-0.4, -0.2) is 12.1 Å². The van der Waals surface area contributed by atoms with Crippen LogP contribution < -0.4 is 4.90 Å². The number of hydrogen-bond donors (Lipinski definition) is 0. The molecule has 1 heteroatoms. The second kappa shape index (κ2) is 4.12. The summed E-state index contributed by atoms with van der Waals surface area (Å²) in [6, 6.07) is 12.6. The Balaban J connectivity index is 1.89. The molecule has 1 nitrogen and oxygen atoms in total. The molecule has 86 valence electrons. The number of para-hydroxylation sites is 1. The Kier molecular flexibility index (Phi) is 2.62. The van der Waals surface area contributed by atoms with Crippen LogP contribution in [0.2, 0.25) is 0 Å². The number of rotatable bonds is 1. The Hall–Kier alpha value is -0.980. The fourth-order valence-corrected chi connectivity index (χ4v) is 3.68. The topological polar surface area (TPSA) is 3.24 Å². The third kappa shape index (κ3) is 1.73. The van der Waals surface area contributed by atoms with E-state index in [-0.39, 0.29) is 0 Å². The van der Waals surface area contributed by atoms with Gasteiger partial charge in [-0.05, 0) is 50.2 Å². The number of nitrogens with zero attached hydrogens (tertiary/aromatic N) is 1. The molecule has 2 unspecified atom stereocenters. The van der Waals surface area contributed by atoms with Gasteiger partial charge >= 0.3 is 0 Å². The van der Waals surface area contributed by atoms with Crippen molar-refractivity contribution in [1.29, 1.82) is 0 Å². The average Bonchev–Trinajstić information content (AvgIpc) is 2.29. The van der Waals surface area contributed by atoms with Crippen molar-refractivity contribution in [1.82, 2.24) is 0 Å². The molecule has 3 rings (SSSR count). The molecule has 0 radical (unpaired) electrons. The van der Waals surface area contributed by atoms with Crippen molar-refractivity contribution in [3.05, 3.63) is 30.3 Å². The minimum atomic E-state index is 0.810. The van der Waals surface area contributed by atoms with Gasteiger partial charge < -0.3 is 4.90 Å². The van der Waals surface area contributed by atoms with Crippen LogP contribution in [-0.2, 0) is 0 Å². The van der Waals surface area contributed by atoms with Crippen LogP contribution in [0.1, 0.15) is 39.0 Å². The molecule has 1 aromatic carbocycles. The molecule has 0 aliphatic carbocycles. The third-order valence-corrected chi connectivity index (χ3v) is 4.26. The first-order valence-electron chi connectivity index (χ1n) is 6.68. The van der Waals surface area contributed by atoms with E-state index in [0.29, 0.717) is 0 Å². The molecule has 0 N–H and O–H groups in total. The van der Waals surface area contributed by atoms with Gasteiger partial charge in [-0.2, -0.15) is 0 Å². The smallest absolute Gasteiger partial charge is 0.0371 e. The molecule has 0 amide bonds. The first kappa shape index (κ1) is 10.2.